The quantitative estimate of drug-likeness (QED) is 0.773. The number of alkyl halides is 1. The zero-order chi connectivity index (χ0) is 12.2. The van der Waals surface area contributed by atoms with Crippen molar-refractivity contribution >= 4 is 23.3 Å². The average Bonchev–Trinajstić information content (AvgIpc) is 2.28. The number of carbonyl (C=O) groups excluding carboxylic acids is 2. The third kappa shape index (κ3) is 2.97. The van der Waals surface area contributed by atoms with Gasteiger partial charge in [-0.3, -0.25) is 9.59 Å². The molecule has 16 heavy (non-hydrogen) atoms. The molecule has 1 N–H and O–H groups in total. The number of carbonyl (C=O) groups is 2. The maximum absolute atomic E-state index is 11.9. The molecule has 1 amide bonds. The maximum atomic E-state index is 11.9. The molecule has 0 radical (unpaired) electrons. The van der Waals surface area contributed by atoms with Crippen molar-refractivity contribution in [3.8, 4) is 0 Å². The van der Waals surface area contributed by atoms with Gasteiger partial charge in [-0.05, 0) is 31.6 Å². The van der Waals surface area contributed by atoms with E-state index in [0.29, 0.717) is 5.92 Å². The maximum Gasteiger partial charge on any atom is 0.217 e. The molecule has 0 heterocycles. The summed E-state index contributed by atoms with van der Waals surface area (Å²) in [6, 6.07) is 0. The Bertz CT molecular complexity index is 270. The molecule has 1 fully saturated rings. The minimum Gasteiger partial charge on any atom is -0.344 e. The molecule has 1 saturated carbocycles. The first-order valence-electron chi connectivity index (χ1n) is 5.92. The number of rotatable bonds is 4. The molecule has 0 aliphatic heterocycles. The Balaban J connectivity index is 2.74. The highest BCUT2D eigenvalue weighted by Gasteiger charge is 2.41. The number of hydrogen-bond acceptors (Lipinski definition) is 2. The molecule has 0 aromatic carbocycles. The molecule has 0 bridgehead atoms. The summed E-state index contributed by atoms with van der Waals surface area (Å²) in [5.41, 5.74) is -0.681. The number of Topliss-reactive ketones (excluding diaryl/α,β-unsaturated/α-hetero) is 1. The second-order valence-corrected chi connectivity index (χ2v) is 4.94. The lowest BCUT2D eigenvalue weighted by atomic mass is 9.73. The second kappa shape index (κ2) is 5.67. The monoisotopic (exact) mass is 245 g/mol. The molecular formula is C12H20ClNO2. The minimum absolute atomic E-state index is 0.0168. The lowest BCUT2D eigenvalue weighted by molar-refractivity contribution is -0.131. The van der Waals surface area contributed by atoms with Crippen LogP contribution in [0.1, 0.15) is 46.0 Å². The number of ketones is 1. The molecule has 4 heteroatoms. The number of nitrogens with one attached hydrogen (secondary N) is 1. The Morgan fingerprint density at radius 3 is 2.31 bits per heavy atom. The highest BCUT2D eigenvalue weighted by Crippen LogP contribution is 2.34. The summed E-state index contributed by atoms with van der Waals surface area (Å²) in [5.74, 6) is 0.481. The van der Waals surface area contributed by atoms with Gasteiger partial charge in [0, 0.05) is 6.92 Å². The van der Waals surface area contributed by atoms with Gasteiger partial charge in [-0.15, -0.1) is 11.6 Å². The van der Waals surface area contributed by atoms with Crippen LogP contribution in [0.4, 0.5) is 0 Å². The Morgan fingerprint density at radius 2 is 1.94 bits per heavy atom. The molecule has 92 valence electrons. The highest BCUT2D eigenvalue weighted by molar-refractivity contribution is 6.29. The summed E-state index contributed by atoms with van der Waals surface area (Å²) in [7, 11) is 0. The largest absolute Gasteiger partial charge is 0.344 e. The molecule has 1 aliphatic rings. The fourth-order valence-electron chi connectivity index (χ4n) is 2.52. The van der Waals surface area contributed by atoms with E-state index < -0.39 is 5.54 Å². The van der Waals surface area contributed by atoms with Crippen molar-refractivity contribution in [2.24, 2.45) is 5.92 Å². The smallest absolute Gasteiger partial charge is 0.217 e. The first-order chi connectivity index (χ1) is 7.54. The van der Waals surface area contributed by atoms with Crippen LogP contribution < -0.4 is 5.32 Å². The van der Waals surface area contributed by atoms with E-state index in [4.69, 9.17) is 11.6 Å². The Kier molecular flexibility index (Phi) is 4.78. The molecule has 0 spiro atoms. The average molecular weight is 246 g/mol. The van der Waals surface area contributed by atoms with Gasteiger partial charge in [0.05, 0.1) is 11.4 Å². The van der Waals surface area contributed by atoms with E-state index in [2.05, 4.69) is 12.2 Å². The summed E-state index contributed by atoms with van der Waals surface area (Å²) in [4.78, 5) is 23.1. The first kappa shape index (κ1) is 13.5. The molecule has 1 aliphatic carbocycles. The van der Waals surface area contributed by atoms with Crippen LogP contribution in [0.25, 0.3) is 0 Å². The summed E-state index contributed by atoms with van der Waals surface area (Å²) >= 11 is 5.63. The van der Waals surface area contributed by atoms with Gasteiger partial charge in [0.15, 0.2) is 5.78 Å². The number of amides is 1. The van der Waals surface area contributed by atoms with E-state index in [0.717, 1.165) is 32.1 Å². The van der Waals surface area contributed by atoms with Crippen molar-refractivity contribution in [3.05, 3.63) is 0 Å². The fraction of sp³-hybridized carbons (Fsp3) is 0.833. The second-order valence-electron chi connectivity index (χ2n) is 4.67. The van der Waals surface area contributed by atoms with Crippen LogP contribution in [0.3, 0.4) is 0 Å². The first-order valence-corrected chi connectivity index (χ1v) is 6.45. The third-order valence-corrected chi connectivity index (χ3v) is 3.85. The summed E-state index contributed by atoms with van der Waals surface area (Å²) < 4.78 is 0. The van der Waals surface area contributed by atoms with Crippen LogP contribution in [-0.4, -0.2) is 23.1 Å². The predicted molar refractivity (Wildman–Crippen MR) is 64.5 cm³/mol. The topological polar surface area (TPSA) is 46.2 Å². The molecule has 1 rings (SSSR count). The van der Waals surface area contributed by atoms with Gasteiger partial charge in [0.2, 0.25) is 5.91 Å². The molecule has 0 saturated heterocycles. The third-order valence-electron chi connectivity index (χ3n) is 3.61. The Labute approximate surface area is 102 Å². The van der Waals surface area contributed by atoms with E-state index in [1.54, 1.807) is 0 Å². The molecule has 0 aromatic rings. The van der Waals surface area contributed by atoms with Crippen LogP contribution >= 0.6 is 11.6 Å². The lowest BCUT2D eigenvalue weighted by Crippen LogP contribution is -2.56. The van der Waals surface area contributed by atoms with E-state index >= 15 is 0 Å². The molecular weight excluding hydrogens is 226 g/mol. The van der Waals surface area contributed by atoms with Gasteiger partial charge >= 0.3 is 0 Å². The van der Waals surface area contributed by atoms with Crippen LogP contribution in [0.15, 0.2) is 0 Å². The van der Waals surface area contributed by atoms with Gasteiger partial charge < -0.3 is 5.32 Å². The molecule has 3 nitrogen and oxygen atoms in total. The standard InChI is InChI=1S/C12H20ClNO2/c1-3-10-4-6-12(7-5-10,11(16)8-13)14-9(2)15/h10H,3-8H2,1-2H3,(H,14,15). The molecule has 0 unspecified atom stereocenters. The van der Waals surface area contributed by atoms with Crippen LogP contribution in [0.2, 0.25) is 0 Å². The zero-order valence-corrected chi connectivity index (χ0v) is 10.8. The van der Waals surface area contributed by atoms with Gasteiger partial charge in [0.25, 0.3) is 0 Å². The van der Waals surface area contributed by atoms with E-state index in [9.17, 15) is 9.59 Å². The fourth-order valence-corrected chi connectivity index (χ4v) is 2.77. The number of hydrogen-bond donors (Lipinski definition) is 1. The predicted octanol–water partition coefficient (Wildman–Crippen LogP) is 2.27. The van der Waals surface area contributed by atoms with Crippen molar-refractivity contribution in [1.82, 2.24) is 5.32 Å². The summed E-state index contributed by atoms with van der Waals surface area (Å²) in [6.45, 7) is 3.62. The molecule has 0 atom stereocenters. The van der Waals surface area contributed by atoms with Crippen molar-refractivity contribution in [2.45, 2.75) is 51.5 Å². The van der Waals surface area contributed by atoms with Crippen LogP contribution in [0.5, 0.6) is 0 Å². The summed E-state index contributed by atoms with van der Waals surface area (Å²) in [6.07, 6.45) is 4.61. The molecule has 0 aromatic heterocycles. The van der Waals surface area contributed by atoms with E-state index in [-0.39, 0.29) is 17.6 Å². The lowest BCUT2D eigenvalue weighted by Gasteiger charge is -2.38. The summed E-state index contributed by atoms with van der Waals surface area (Å²) in [5, 5.41) is 2.82. The van der Waals surface area contributed by atoms with E-state index in [1.165, 1.54) is 6.92 Å². The van der Waals surface area contributed by atoms with Crippen LogP contribution in [0, 0.1) is 5.92 Å². The van der Waals surface area contributed by atoms with Gasteiger partial charge in [0.1, 0.15) is 0 Å². The van der Waals surface area contributed by atoms with Crippen LogP contribution in [-0.2, 0) is 9.59 Å². The Hall–Kier alpha value is -0.570. The van der Waals surface area contributed by atoms with Gasteiger partial charge in [-0.2, -0.15) is 0 Å². The number of halogens is 1. The normalized spacial score (nSPS) is 29.8. The van der Waals surface area contributed by atoms with Crippen molar-refractivity contribution in [1.29, 1.82) is 0 Å². The SMILES string of the molecule is CCC1CCC(NC(C)=O)(C(=O)CCl)CC1. The minimum atomic E-state index is -0.681. The van der Waals surface area contributed by atoms with Crippen molar-refractivity contribution < 1.29 is 9.59 Å². The zero-order valence-electron chi connectivity index (χ0n) is 10.0. The van der Waals surface area contributed by atoms with Crippen molar-refractivity contribution in [3.63, 3.8) is 0 Å². The Morgan fingerprint density at radius 1 is 1.38 bits per heavy atom. The highest BCUT2D eigenvalue weighted by atomic mass is 35.5. The van der Waals surface area contributed by atoms with Gasteiger partial charge in [-0.1, -0.05) is 13.3 Å². The van der Waals surface area contributed by atoms with E-state index in [1.807, 2.05) is 0 Å². The van der Waals surface area contributed by atoms with Crippen molar-refractivity contribution in [2.75, 3.05) is 5.88 Å². The van der Waals surface area contributed by atoms with Gasteiger partial charge in [-0.25, -0.2) is 0 Å².